The lowest BCUT2D eigenvalue weighted by Gasteiger charge is -2.29. The van der Waals surface area contributed by atoms with Crippen LogP contribution in [0.25, 0.3) is 0 Å². The quantitative estimate of drug-likeness (QED) is 0.585. The first-order valence-corrected chi connectivity index (χ1v) is 10.1. The van der Waals surface area contributed by atoms with E-state index in [4.69, 9.17) is 4.74 Å². The monoisotopic (exact) mass is 441 g/mol. The lowest BCUT2D eigenvalue weighted by molar-refractivity contribution is -0.272. The lowest BCUT2D eigenvalue weighted by Crippen LogP contribution is -2.47. The summed E-state index contributed by atoms with van der Waals surface area (Å²) in [6, 6.07) is 2.78. The smallest absolute Gasteiger partial charge is 0.424 e. The Morgan fingerprint density at radius 1 is 1.26 bits per heavy atom. The van der Waals surface area contributed by atoms with E-state index in [1.54, 1.807) is 18.3 Å². The van der Waals surface area contributed by atoms with E-state index in [0.29, 0.717) is 5.88 Å². The Labute approximate surface area is 177 Å². The maximum atomic E-state index is 13.5. The molecule has 0 radical (unpaired) electrons. The molecule has 0 spiro atoms. The fraction of sp³-hybridized carbons (Fsp3) is 0.550. The summed E-state index contributed by atoms with van der Waals surface area (Å²) in [4.78, 5) is 19.8. The molecular weight excluding hydrogens is 415 g/mol. The average Bonchev–Trinajstić information content (AvgIpc) is 3.37. The van der Waals surface area contributed by atoms with Crippen LogP contribution in [0, 0.1) is 0 Å². The van der Waals surface area contributed by atoms with E-state index in [-0.39, 0.29) is 12.6 Å². The first-order valence-electron chi connectivity index (χ1n) is 10.1. The van der Waals surface area contributed by atoms with E-state index in [0.717, 1.165) is 35.8 Å². The molecule has 3 rings (SSSR count). The molecule has 11 heteroatoms. The van der Waals surface area contributed by atoms with E-state index < -0.39 is 36.6 Å². The van der Waals surface area contributed by atoms with Gasteiger partial charge in [0.2, 0.25) is 11.5 Å². The normalized spacial score (nSPS) is 16.7. The number of halogens is 3. The van der Waals surface area contributed by atoms with Crippen molar-refractivity contribution < 1.29 is 27.8 Å². The summed E-state index contributed by atoms with van der Waals surface area (Å²) in [6.07, 6.45) is 2.76. The van der Waals surface area contributed by atoms with E-state index in [1.807, 2.05) is 0 Å². The van der Waals surface area contributed by atoms with Crippen molar-refractivity contribution in [2.24, 2.45) is 7.05 Å². The van der Waals surface area contributed by atoms with Gasteiger partial charge in [-0.05, 0) is 37.3 Å². The van der Waals surface area contributed by atoms with Gasteiger partial charge in [0, 0.05) is 51.2 Å². The number of pyridine rings is 1. The van der Waals surface area contributed by atoms with Gasteiger partial charge in [-0.2, -0.15) is 13.2 Å². The highest BCUT2D eigenvalue weighted by atomic mass is 19.4. The number of hydrogen-bond donors (Lipinski definition) is 3. The fourth-order valence-corrected chi connectivity index (χ4v) is 3.55. The van der Waals surface area contributed by atoms with Gasteiger partial charge in [-0.15, -0.1) is 0 Å². The molecular formula is C20H26F3N5O3. The Kier molecular flexibility index (Phi) is 7.04. The minimum atomic E-state index is -4.95. The summed E-state index contributed by atoms with van der Waals surface area (Å²) < 4.78 is 47.3. The molecule has 1 fully saturated rings. The summed E-state index contributed by atoms with van der Waals surface area (Å²) in [7, 11) is 1.36. The van der Waals surface area contributed by atoms with Gasteiger partial charge in [0.25, 0.3) is 0 Å². The maximum absolute atomic E-state index is 13.5. The molecule has 3 N–H and O–H groups in total. The fourth-order valence-electron chi connectivity index (χ4n) is 3.55. The van der Waals surface area contributed by atoms with E-state index in [2.05, 4.69) is 20.6 Å². The van der Waals surface area contributed by atoms with Gasteiger partial charge in [0.1, 0.15) is 11.9 Å². The molecule has 2 amide bonds. The molecule has 0 aliphatic heterocycles. The second-order valence-electron chi connectivity index (χ2n) is 7.61. The van der Waals surface area contributed by atoms with Crippen LogP contribution >= 0.6 is 0 Å². The number of alkyl halides is 3. The number of nitrogens with zero attached hydrogens (tertiary/aromatic N) is 3. The number of hydrogen-bond acceptors (Lipinski definition) is 5. The van der Waals surface area contributed by atoms with E-state index >= 15 is 0 Å². The maximum Gasteiger partial charge on any atom is 0.424 e. The van der Waals surface area contributed by atoms with Crippen LogP contribution in [0.15, 0.2) is 30.7 Å². The number of imidazole rings is 1. The molecule has 0 saturated heterocycles. The molecule has 1 atom stereocenters. The highest BCUT2D eigenvalue weighted by Crippen LogP contribution is 2.40. The largest absolute Gasteiger partial charge is 0.474 e. The van der Waals surface area contributed by atoms with Gasteiger partial charge < -0.3 is 25.0 Å². The number of amides is 2. The number of carbonyl (C=O) groups is 1. The Hall–Kier alpha value is -2.82. The zero-order valence-electron chi connectivity index (χ0n) is 17.2. The number of urea groups is 1. The SMILES string of the molecule is Cn1ccnc1C(O)(CCNC(=O)NCc1ccnc(OC2CCCC2)c1)C(F)(F)F. The number of aryl methyl sites for hydroxylation is 1. The first kappa shape index (κ1) is 22.9. The molecule has 2 aromatic heterocycles. The van der Waals surface area contributed by atoms with Gasteiger partial charge in [-0.3, -0.25) is 0 Å². The zero-order chi connectivity index (χ0) is 22.5. The van der Waals surface area contributed by atoms with E-state index in [1.165, 1.54) is 19.4 Å². The summed E-state index contributed by atoms with van der Waals surface area (Å²) in [6.45, 7) is -0.251. The van der Waals surface area contributed by atoms with Crippen molar-refractivity contribution in [3.8, 4) is 5.88 Å². The van der Waals surface area contributed by atoms with Crippen molar-refractivity contribution in [1.82, 2.24) is 25.2 Å². The molecule has 0 aromatic carbocycles. The Morgan fingerprint density at radius 3 is 2.65 bits per heavy atom. The zero-order valence-corrected chi connectivity index (χ0v) is 17.2. The van der Waals surface area contributed by atoms with Gasteiger partial charge in [0.15, 0.2) is 0 Å². The van der Waals surface area contributed by atoms with Crippen LogP contribution in [-0.2, 0) is 19.2 Å². The summed E-state index contributed by atoms with van der Waals surface area (Å²) >= 11 is 0. The summed E-state index contributed by atoms with van der Waals surface area (Å²) in [5, 5.41) is 15.2. The Bertz CT molecular complexity index is 883. The summed E-state index contributed by atoms with van der Waals surface area (Å²) in [5.74, 6) is -0.0503. The molecule has 1 saturated carbocycles. The van der Waals surface area contributed by atoms with Crippen LogP contribution in [0.1, 0.15) is 43.5 Å². The van der Waals surface area contributed by atoms with Crippen LogP contribution in [0.5, 0.6) is 5.88 Å². The molecule has 2 aromatic rings. The third-order valence-corrected chi connectivity index (χ3v) is 5.27. The van der Waals surface area contributed by atoms with Crippen molar-refractivity contribution in [3.63, 3.8) is 0 Å². The van der Waals surface area contributed by atoms with Gasteiger partial charge in [-0.1, -0.05) is 0 Å². The number of carbonyl (C=O) groups excluding carboxylic acids is 1. The highest BCUT2D eigenvalue weighted by Gasteiger charge is 2.57. The number of aromatic nitrogens is 3. The molecule has 0 bridgehead atoms. The second-order valence-corrected chi connectivity index (χ2v) is 7.61. The Morgan fingerprint density at radius 2 is 2.00 bits per heavy atom. The van der Waals surface area contributed by atoms with Crippen LogP contribution in [0.3, 0.4) is 0 Å². The van der Waals surface area contributed by atoms with Crippen molar-refractivity contribution in [1.29, 1.82) is 0 Å². The third kappa shape index (κ3) is 5.66. The number of aliphatic hydroxyl groups is 1. The molecule has 1 unspecified atom stereocenters. The molecule has 8 nitrogen and oxygen atoms in total. The minimum absolute atomic E-state index is 0.151. The van der Waals surface area contributed by atoms with Crippen molar-refractivity contribution in [2.75, 3.05) is 6.54 Å². The predicted molar refractivity (Wildman–Crippen MR) is 105 cm³/mol. The van der Waals surface area contributed by atoms with Gasteiger partial charge in [-0.25, -0.2) is 14.8 Å². The van der Waals surface area contributed by atoms with Crippen molar-refractivity contribution >= 4 is 6.03 Å². The van der Waals surface area contributed by atoms with Gasteiger partial charge in [0.05, 0.1) is 0 Å². The molecule has 1 aliphatic rings. The number of ether oxygens (including phenoxy) is 1. The van der Waals surface area contributed by atoms with Crippen LogP contribution in [-0.4, -0.2) is 44.5 Å². The second kappa shape index (κ2) is 9.54. The molecule has 1 aliphatic carbocycles. The molecule has 170 valence electrons. The van der Waals surface area contributed by atoms with Gasteiger partial charge >= 0.3 is 12.2 Å². The van der Waals surface area contributed by atoms with Crippen LogP contribution < -0.4 is 15.4 Å². The topological polar surface area (TPSA) is 101 Å². The van der Waals surface area contributed by atoms with E-state index in [9.17, 15) is 23.1 Å². The molecule has 31 heavy (non-hydrogen) atoms. The highest BCUT2D eigenvalue weighted by molar-refractivity contribution is 5.73. The van der Waals surface area contributed by atoms with Crippen LogP contribution in [0.4, 0.5) is 18.0 Å². The number of rotatable bonds is 8. The predicted octanol–water partition coefficient (Wildman–Crippen LogP) is 2.78. The summed E-state index contributed by atoms with van der Waals surface area (Å²) in [5.41, 5.74) is -2.42. The third-order valence-electron chi connectivity index (χ3n) is 5.27. The average molecular weight is 441 g/mol. The van der Waals surface area contributed by atoms with Crippen molar-refractivity contribution in [3.05, 3.63) is 42.1 Å². The minimum Gasteiger partial charge on any atom is -0.474 e. The lowest BCUT2D eigenvalue weighted by atomic mass is 9.97. The standard InChI is InChI=1S/C20H26F3N5O3/c1-28-11-10-25-17(28)19(30,20(21,22)23)7-9-26-18(29)27-13-14-6-8-24-16(12-14)31-15-4-2-3-5-15/h6,8,10-12,15,30H,2-5,7,9,13H2,1H3,(H2,26,27,29). The Balaban J connectivity index is 1.49. The van der Waals surface area contributed by atoms with Crippen LogP contribution in [0.2, 0.25) is 0 Å². The number of nitrogens with one attached hydrogen (secondary N) is 2. The van der Waals surface area contributed by atoms with Crippen molar-refractivity contribution in [2.45, 2.75) is 56.5 Å². The molecule has 2 heterocycles. The first-order chi connectivity index (χ1) is 14.7.